The number of carbonyl (C=O) groups is 1. The van der Waals surface area contributed by atoms with Crippen LogP contribution in [0.3, 0.4) is 0 Å². The topological polar surface area (TPSA) is 47.6 Å². The molecule has 0 saturated carbocycles. The summed E-state index contributed by atoms with van der Waals surface area (Å²) in [6, 6.07) is 18.2. The van der Waals surface area contributed by atoms with Gasteiger partial charge in [-0.05, 0) is 48.4 Å². The highest BCUT2D eigenvalue weighted by atomic mass is 16.5. The van der Waals surface area contributed by atoms with E-state index in [4.69, 9.17) is 9.47 Å². The van der Waals surface area contributed by atoms with Crippen LogP contribution in [0.25, 0.3) is 11.1 Å². The highest BCUT2D eigenvalue weighted by molar-refractivity contribution is 5.95. The Labute approximate surface area is 160 Å². The Morgan fingerprint density at radius 3 is 2.41 bits per heavy atom. The minimum Gasteiger partial charge on any atom is -0.381 e. The van der Waals surface area contributed by atoms with Gasteiger partial charge >= 0.3 is 0 Å². The number of carbonyl (C=O) groups excluding carboxylic acids is 1. The Bertz CT molecular complexity index is 755. The van der Waals surface area contributed by atoms with Crippen molar-refractivity contribution in [2.75, 3.05) is 26.4 Å². The molecule has 2 aliphatic rings. The first-order valence-corrected chi connectivity index (χ1v) is 9.93. The van der Waals surface area contributed by atoms with Crippen molar-refractivity contribution < 1.29 is 14.3 Å². The normalized spacial score (nSPS) is 23.7. The van der Waals surface area contributed by atoms with E-state index in [1.807, 2.05) is 42.5 Å². The van der Waals surface area contributed by atoms with Crippen LogP contribution >= 0.6 is 0 Å². The number of amides is 1. The van der Waals surface area contributed by atoms with Crippen LogP contribution in [0.1, 0.15) is 29.6 Å². The first-order valence-electron chi connectivity index (χ1n) is 9.93. The average molecular weight is 365 g/mol. The molecule has 0 radical (unpaired) electrons. The number of benzene rings is 2. The monoisotopic (exact) mass is 365 g/mol. The zero-order chi connectivity index (χ0) is 18.5. The summed E-state index contributed by atoms with van der Waals surface area (Å²) in [4.78, 5) is 12.9. The molecule has 142 valence electrons. The van der Waals surface area contributed by atoms with Gasteiger partial charge in [-0.25, -0.2) is 0 Å². The molecule has 1 amide bonds. The standard InChI is InChI=1S/C23H27NO3/c25-23(20-8-4-7-19(15-20)17-5-2-1-3-6-17)24-22-11-14-27-16-21(22)18-9-12-26-13-10-18/h1-8,15,18,21-22H,9-14,16H2,(H,24,25)/t21-,22-/m1/s1. The van der Waals surface area contributed by atoms with Gasteiger partial charge in [-0.2, -0.15) is 0 Å². The number of hydrogen-bond acceptors (Lipinski definition) is 3. The molecule has 0 bridgehead atoms. The van der Waals surface area contributed by atoms with Crippen LogP contribution in [-0.2, 0) is 9.47 Å². The van der Waals surface area contributed by atoms with Gasteiger partial charge in [0.2, 0.25) is 0 Å². The molecular formula is C23H27NO3. The minimum absolute atomic E-state index is 0.0109. The Morgan fingerprint density at radius 1 is 0.852 bits per heavy atom. The van der Waals surface area contributed by atoms with E-state index >= 15 is 0 Å². The molecule has 2 fully saturated rings. The number of nitrogens with one attached hydrogen (secondary N) is 1. The first kappa shape index (κ1) is 18.2. The number of hydrogen-bond donors (Lipinski definition) is 1. The molecule has 2 saturated heterocycles. The van der Waals surface area contributed by atoms with Crippen molar-refractivity contribution in [3.05, 3.63) is 60.2 Å². The molecule has 4 rings (SSSR count). The lowest BCUT2D eigenvalue weighted by Crippen LogP contribution is -2.49. The van der Waals surface area contributed by atoms with E-state index in [0.717, 1.165) is 50.2 Å². The third-order valence-electron chi connectivity index (χ3n) is 5.82. The molecule has 2 aromatic carbocycles. The molecule has 0 spiro atoms. The van der Waals surface area contributed by atoms with Crippen molar-refractivity contribution >= 4 is 5.91 Å². The van der Waals surface area contributed by atoms with E-state index in [9.17, 15) is 4.79 Å². The van der Waals surface area contributed by atoms with Crippen LogP contribution in [0.4, 0.5) is 0 Å². The molecule has 2 atom stereocenters. The maximum Gasteiger partial charge on any atom is 0.251 e. The van der Waals surface area contributed by atoms with Crippen molar-refractivity contribution in [1.82, 2.24) is 5.32 Å². The van der Waals surface area contributed by atoms with Crippen molar-refractivity contribution in [3.63, 3.8) is 0 Å². The van der Waals surface area contributed by atoms with E-state index < -0.39 is 0 Å². The summed E-state index contributed by atoms with van der Waals surface area (Å²) in [6.45, 7) is 3.09. The molecule has 0 aromatic heterocycles. The maximum absolute atomic E-state index is 12.9. The number of rotatable bonds is 4. The molecule has 0 aliphatic carbocycles. The summed E-state index contributed by atoms with van der Waals surface area (Å²) in [6.07, 6.45) is 3.00. The summed E-state index contributed by atoms with van der Waals surface area (Å²) in [7, 11) is 0. The summed E-state index contributed by atoms with van der Waals surface area (Å²) in [5, 5.41) is 3.30. The molecule has 4 nitrogen and oxygen atoms in total. The largest absolute Gasteiger partial charge is 0.381 e. The van der Waals surface area contributed by atoms with Crippen molar-refractivity contribution in [2.45, 2.75) is 25.3 Å². The molecular weight excluding hydrogens is 338 g/mol. The second-order valence-electron chi connectivity index (χ2n) is 7.50. The lowest BCUT2D eigenvalue weighted by molar-refractivity contribution is -0.0259. The Morgan fingerprint density at radius 2 is 1.59 bits per heavy atom. The second-order valence-corrected chi connectivity index (χ2v) is 7.50. The number of ether oxygens (including phenoxy) is 2. The van der Waals surface area contributed by atoms with E-state index in [1.54, 1.807) is 0 Å². The van der Waals surface area contributed by atoms with Crippen LogP contribution in [0, 0.1) is 11.8 Å². The second kappa shape index (κ2) is 8.68. The van der Waals surface area contributed by atoms with Crippen LogP contribution in [-0.4, -0.2) is 38.4 Å². The fourth-order valence-corrected chi connectivity index (χ4v) is 4.27. The van der Waals surface area contributed by atoms with Crippen LogP contribution in [0.5, 0.6) is 0 Å². The van der Waals surface area contributed by atoms with Gasteiger partial charge in [0.15, 0.2) is 0 Å². The summed E-state index contributed by atoms with van der Waals surface area (Å²) in [5.41, 5.74) is 2.91. The van der Waals surface area contributed by atoms with Crippen molar-refractivity contribution in [1.29, 1.82) is 0 Å². The first-order chi connectivity index (χ1) is 13.3. The average Bonchev–Trinajstić information content (AvgIpc) is 2.75. The van der Waals surface area contributed by atoms with Gasteiger partial charge in [0, 0.05) is 37.3 Å². The van der Waals surface area contributed by atoms with E-state index in [0.29, 0.717) is 24.0 Å². The van der Waals surface area contributed by atoms with Gasteiger partial charge in [0.25, 0.3) is 5.91 Å². The summed E-state index contributed by atoms with van der Waals surface area (Å²) < 4.78 is 11.2. The van der Waals surface area contributed by atoms with Crippen molar-refractivity contribution in [2.24, 2.45) is 11.8 Å². The zero-order valence-electron chi connectivity index (χ0n) is 15.6. The zero-order valence-corrected chi connectivity index (χ0v) is 15.6. The molecule has 4 heteroatoms. The SMILES string of the molecule is O=C(N[C@@H]1CCOC[C@@H]1C1CCOCC1)c1cccc(-c2ccccc2)c1. The highest BCUT2D eigenvalue weighted by Crippen LogP contribution is 2.30. The fourth-order valence-electron chi connectivity index (χ4n) is 4.27. The van der Waals surface area contributed by atoms with Crippen molar-refractivity contribution in [3.8, 4) is 11.1 Å². The molecule has 27 heavy (non-hydrogen) atoms. The third kappa shape index (κ3) is 4.40. The van der Waals surface area contributed by atoms with E-state index in [-0.39, 0.29) is 11.9 Å². The molecule has 2 aliphatic heterocycles. The van der Waals surface area contributed by atoms with E-state index in [1.165, 1.54) is 0 Å². The van der Waals surface area contributed by atoms with E-state index in [2.05, 4.69) is 17.4 Å². The predicted molar refractivity (Wildman–Crippen MR) is 106 cm³/mol. The minimum atomic E-state index is 0.0109. The van der Waals surface area contributed by atoms with Crippen LogP contribution in [0.15, 0.2) is 54.6 Å². The van der Waals surface area contributed by atoms with Gasteiger partial charge in [0.1, 0.15) is 0 Å². The third-order valence-corrected chi connectivity index (χ3v) is 5.82. The van der Waals surface area contributed by atoms with Gasteiger partial charge in [-0.15, -0.1) is 0 Å². The van der Waals surface area contributed by atoms with Crippen LogP contribution in [0.2, 0.25) is 0 Å². The van der Waals surface area contributed by atoms with Gasteiger partial charge < -0.3 is 14.8 Å². The van der Waals surface area contributed by atoms with Gasteiger partial charge in [-0.3, -0.25) is 4.79 Å². The predicted octanol–water partition coefficient (Wildman–Crippen LogP) is 3.92. The van der Waals surface area contributed by atoms with Gasteiger partial charge in [0.05, 0.1) is 6.61 Å². The summed E-state index contributed by atoms with van der Waals surface area (Å²) >= 11 is 0. The fraction of sp³-hybridized carbons (Fsp3) is 0.435. The molecule has 0 unspecified atom stereocenters. The highest BCUT2D eigenvalue weighted by Gasteiger charge is 2.34. The smallest absolute Gasteiger partial charge is 0.251 e. The molecule has 2 aromatic rings. The lowest BCUT2D eigenvalue weighted by atomic mass is 9.79. The summed E-state index contributed by atoms with van der Waals surface area (Å²) in [5.74, 6) is 0.959. The van der Waals surface area contributed by atoms with Crippen LogP contribution < -0.4 is 5.32 Å². The Hall–Kier alpha value is -2.17. The Balaban J connectivity index is 1.47. The maximum atomic E-state index is 12.9. The molecule has 1 N–H and O–H groups in total. The van der Waals surface area contributed by atoms with Gasteiger partial charge in [-0.1, -0.05) is 42.5 Å². The lowest BCUT2D eigenvalue weighted by Gasteiger charge is -2.39. The Kier molecular flexibility index (Phi) is 5.85. The molecule has 2 heterocycles. The quantitative estimate of drug-likeness (QED) is 0.893.